The fourth-order valence-electron chi connectivity index (χ4n) is 7.76. The largest absolute Gasteiger partial charge is 0.354 e. The van der Waals surface area contributed by atoms with Gasteiger partial charge in [0.15, 0.2) is 0 Å². The summed E-state index contributed by atoms with van der Waals surface area (Å²) < 4.78 is 0. The summed E-state index contributed by atoms with van der Waals surface area (Å²) in [7, 11) is 0. The first kappa shape index (κ1) is 20.6. The van der Waals surface area contributed by atoms with E-state index in [1.807, 2.05) is 0 Å². The van der Waals surface area contributed by atoms with Crippen molar-refractivity contribution in [1.82, 2.24) is 0 Å². The minimum absolute atomic E-state index is 0.101. The molecule has 4 atom stereocenters. The second-order valence-electron chi connectivity index (χ2n) is 11.0. The van der Waals surface area contributed by atoms with Crippen molar-refractivity contribution in [2.24, 2.45) is 17.8 Å². The Morgan fingerprint density at radius 3 is 2.44 bits per heavy atom. The smallest absolute Gasteiger partial charge is 0.0647 e. The van der Waals surface area contributed by atoms with Gasteiger partial charge in [0.1, 0.15) is 0 Å². The van der Waals surface area contributed by atoms with E-state index in [0.717, 1.165) is 22.5 Å². The zero-order chi connectivity index (χ0) is 22.9. The Labute approximate surface area is 207 Å². The number of fused-ring (bicyclic) bond motifs is 9. The maximum absolute atomic E-state index is 6.81. The highest BCUT2D eigenvalue weighted by Crippen LogP contribution is 2.64. The fraction of sp³-hybridized carbons (Fsp3) is 0.312. The van der Waals surface area contributed by atoms with Gasteiger partial charge in [0.25, 0.3) is 0 Å². The molecule has 4 aromatic rings. The molecule has 0 saturated heterocycles. The van der Waals surface area contributed by atoms with Gasteiger partial charge >= 0.3 is 0 Å². The Morgan fingerprint density at radius 1 is 0.794 bits per heavy atom. The van der Waals surface area contributed by atoms with Gasteiger partial charge in [-0.3, -0.25) is 0 Å². The van der Waals surface area contributed by atoms with Gasteiger partial charge in [-0.15, -0.1) is 0 Å². The Morgan fingerprint density at radius 2 is 1.56 bits per heavy atom. The van der Waals surface area contributed by atoms with E-state index in [1.54, 1.807) is 5.56 Å². The zero-order valence-corrected chi connectivity index (χ0v) is 20.4. The van der Waals surface area contributed by atoms with Crippen LogP contribution < -0.4 is 5.32 Å². The number of benzene rings is 4. The van der Waals surface area contributed by atoms with Gasteiger partial charge in [0, 0.05) is 11.1 Å². The third-order valence-electron chi connectivity index (χ3n) is 9.00. The van der Waals surface area contributed by atoms with Crippen LogP contribution in [-0.2, 0) is 5.41 Å². The van der Waals surface area contributed by atoms with E-state index in [1.165, 1.54) is 65.3 Å². The molecule has 0 radical (unpaired) electrons. The molecule has 34 heavy (non-hydrogen) atoms. The summed E-state index contributed by atoms with van der Waals surface area (Å²) in [5.41, 5.74) is 8.23. The van der Waals surface area contributed by atoms with Crippen LogP contribution in [0, 0.1) is 17.8 Å². The number of rotatable bonds is 2. The first-order valence-corrected chi connectivity index (χ1v) is 13.2. The first-order chi connectivity index (χ1) is 16.6. The van der Waals surface area contributed by atoms with Crippen LogP contribution in [0.5, 0.6) is 0 Å². The average molecular weight is 464 g/mol. The lowest BCUT2D eigenvalue weighted by atomic mass is 9.53. The van der Waals surface area contributed by atoms with Crippen LogP contribution in [0.25, 0.3) is 21.9 Å². The van der Waals surface area contributed by atoms with E-state index in [4.69, 9.17) is 11.6 Å². The van der Waals surface area contributed by atoms with Crippen molar-refractivity contribution < 1.29 is 0 Å². The second kappa shape index (κ2) is 7.62. The molecule has 2 bridgehead atoms. The van der Waals surface area contributed by atoms with Crippen LogP contribution in [0.15, 0.2) is 78.9 Å². The minimum atomic E-state index is 0.101. The van der Waals surface area contributed by atoms with Gasteiger partial charge in [-0.25, -0.2) is 0 Å². The summed E-state index contributed by atoms with van der Waals surface area (Å²) >= 11 is 6.81. The standard InChI is InChI=1S/C32H30ClN/c1-20-15-21-13-14-32(24(16-20)17-21)27-11-5-4-9-25(27)26-10-6-12-29(31(26)32)34-30-19-23-8-3-2-7-22(23)18-28(30)33/h2-12,18-21,24,34H,13-17H2,1H3. The average Bonchev–Trinajstić information content (AvgIpc) is 3.14. The third-order valence-corrected chi connectivity index (χ3v) is 9.31. The molecule has 2 heteroatoms. The van der Waals surface area contributed by atoms with Crippen molar-refractivity contribution in [1.29, 1.82) is 0 Å². The van der Waals surface area contributed by atoms with Crippen molar-refractivity contribution in [3.63, 3.8) is 0 Å². The molecule has 7 rings (SSSR count). The summed E-state index contributed by atoms with van der Waals surface area (Å²) in [6, 6.07) is 28.8. The van der Waals surface area contributed by atoms with E-state index >= 15 is 0 Å². The molecular formula is C32H30ClN. The molecule has 3 aliphatic rings. The summed E-state index contributed by atoms with van der Waals surface area (Å²) in [6.07, 6.45) is 6.69. The molecular weight excluding hydrogens is 434 g/mol. The van der Waals surface area contributed by atoms with E-state index in [0.29, 0.717) is 5.92 Å². The van der Waals surface area contributed by atoms with Crippen molar-refractivity contribution in [3.05, 3.63) is 95.0 Å². The van der Waals surface area contributed by atoms with E-state index in [2.05, 4.69) is 91.1 Å². The van der Waals surface area contributed by atoms with Gasteiger partial charge < -0.3 is 5.32 Å². The van der Waals surface area contributed by atoms with Gasteiger partial charge in [-0.05, 0) is 101 Å². The summed E-state index contributed by atoms with van der Waals surface area (Å²) in [5.74, 6) is 2.41. The lowest BCUT2D eigenvalue weighted by molar-refractivity contribution is 0.0859. The van der Waals surface area contributed by atoms with E-state index < -0.39 is 0 Å². The molecule has 0 amide bonds. The van der Waals surface area contributed by atoms with Crippen molar-refractivity contribution >= 4 is 33.7 Å². The van der Waals surface area contributed by atoms with Gasteiger partial charge in [0.2, 0.25) is 0 Å². The van der Waals surface area contributed by atoms with Crippen molar-refractivity contribution in [2.75, 3.05) is 5.32 Å². The lowest BCUT2D eigenvalue weighted by Gasteiger charge is -2.51. The van der Waals surface area contributed by atoms with Crippen LogP contribution in [0.1, 0.15) is 50.2 Å². The third kappa shape index (κ3) is 2.93. The Hall–Kier alpha value is -2.77. The van der Waals surface area contributed by atoms with E-state index in [-0.39, 0.29) is 5.41 Å². The monoisotopic (exact) mass is 463 g/mol. The molecule has 1 N–H and O–H groups in total. The van der Waals surface area contributed by atoms with Crippen LogP contribution in [-0.4, -0.2) is 0 Å². The summed E-state index contributed by atoms with van der Waals surface area (Å²) in [5, 5.41) is 6.98. The Kier molecular flexibility index (Phi) is 4.61. The Balaban J connectivity index is 1.42. The first-order valence-electron chi connectivity index (χ1n) is 12.8. The predicted molar refractivity (Wildman–Crippen MR) is 144 cm³/mol. The molecule has 4 aromatic carbocycles. The summed E-state index contributed by atoms with van der Waals surface area (Å²) in [6.45, 7) is 2.47. The maximum atomic E-state index is 6.81. The van der Waals surface area contributed by atoms with Gasteiger partial charge in [0.05, 0.1) is 10.7 Å². The highest BCUT2D eigenvalue weighted by Gasteiger charge is 2.53. The maximum Gasteiger partial charge on any atom is 0.0647 e. The molecule has 1 nitrogen and oxygen atoms in total. The molecule has 4 unspecified atom stereocenters. The van der Waals surface area contributed by atoms with Gasteiger partial charge in [-0.2, -0.15) is 0 Å². The highest BCUT2D eigenvalue weighted by molar-refractivity contribution is 6.34. The summed E-state index contributed by atoms with van der Waals surface area (Å²) in [4.78, 5) is 0. The normalized spacial score (nSPS) is 26.9. The van der Waals surface area contributed by atoms with E-state index in [9.17, 15) is 0 Å². The highest BCUT2D eigenvalue weighted by atomic mass is 35.5. The van der Waals surface area contributed by atoms with Crippen molar-refractivity contribution in [2.45, 2.75) is 44.4 Å². The topological polar surface area (TPSA) is 12.0 Å². The fourth-order valence-corrected chi connectivity index (χ4v) is 7.98. The quantitative estimate of drug-likeness (QED) is 0.312. The van der Waals surface area contributed by atoms with Crippen LogP contribution >= 0.6 is 11.6 Å². The van der Waals surface area contributed by atoms with Crippen LogP contribution in [0.2, 0.25) is 5.02 Å². The number of anilines is 2. The molecule has 2 saturated carbocycles. The molecule has 2 fully saturated rings. The molecule has 3 aliphatic carbocycles. The minimum Gasteiger partial charge on any atom is -0.354 e. The Bertz CT molecular complexity index is 1420. The second-order valence-corrected chi connectivity index (χ2v) is 11.4. The molecule has 0 aliphatic heterocycles. The lowest BCUT2D eigenvalue weighted by Crippen LogP contribution is -2.44. The molecule has 170 valence electrons. The predicted octanol–water partition coefficient (Wildman–Crippen LogP) is 9.35. The zero-order valence-electron chi connectivity index (χ0n) is 19.7. The molecule has 0 heterocycles. The number of hydrogen-bond donors (Lipinski definition) is 1. The number of halogens is 1. The van der Waals surface area contributed by atoms with Gasteiger partial charge in [-0.1, -0.05) is 79.2 Å². The van der Waals surface area contributed by atoms with Crippen LogP contribution in [0.3, 0.4) is 0 Å². The number of nitrogens with one attached hydrogen (secondary N) is 1. The molecule has 1 spiro atoms. The van der Waals surface area contributed by atoms with Crippen molar-refractivity contribution in [3.8, 4) is 11.1 Å². The molecule has 0 aromatic heterocycles. The SMILES string of the molecule is CC1CC2CCC3(c4ccccc4-c4cccc(Nc5cc6ccccc6cc5Cl)c43)C(C1)C2. The van der Waals surface area contributed by atoms with Crippen LogP contribution in [0.4, 0.5) is 11.4 Å². The number of hydrogen-bond acceptors (Lipinski definition) is 1.